The van der Waals surface area contributed by atoms with Crippen molar-refractivity contribution in [3.63, 3.8) is 0 Å². The van der Waals surface area contributed by atoms with Gasteiger partial charge in [-0.25, -0.2) is 0 Å². The number of nitrogens with two attached hydrogens (primary N) is 1. The first kappa shape index (κ1) is 15.5. The van der Waals surface area contributed by atoms with Gasteiger partial charge in [0.15, 0.2) is 0 Å². The smallest absolute Gasteiger partial charge is 0.0659 e. The summed E-state index contributed by atoms with van der Waals surface area (Å²) in [6.07, 6.45) is 2.50. The molecule has 1 unspecified atom stereocenters. The van der Waals surface area contributed by atoms with Crippen LogP contribution in [0.1, 0.15) is 38.3 Å². The maximum Gasteiger partial charge on any atom is 0.0659 e. The molecule has 2 rings (SSSR count). The molecule has 1 saturated heterocycles. The third-order valence-electron chi connectivity index (χ3n) is 4.26. The van der Waals surface area contributed by atoms with E-state index < -0.39 is 0 Å². The summed E-state index contributed by atoms with van der Waals surface area (Å²) in [5.74, 6) is 0.702. The normalized spacial score (nSPS) is 19.4. The topological polar surface area (TPSA) is 38.5 Å². The zero-order chi connectivity index (χ0) is 14.4. The highest BCUT2D eigenvalue weighted by molar-refractivity contribution is 5.18. The average molecular weight is 276 g/mol. The van der Waals surface area contributed by atoms with Crippen LogP contribution in [0.2, 0.25) is 0 Å². The number of piperidine rings is 1. The maximum atomic E-state index is 6.14. The molecule has 1 aromatic rings. The number of likely N-dealkylation sites (tertiary alicyclic amines) is 1. The lowest BCUT2D eigenvalue weighted by Gasteiger charge is -2.34. The van der Waals surface area contributed by atoms with Gasteiger partial charge in [-0.05, 0) is 51.3 Å². The molecule has 0 bridgehead atoms. The molecule has 1 aliphatic heterocycles. The molecule has 1 aliphatic rings. The first-order chi connectivity index (χ1) is 9.66. The Morgan fingerprint density at radius 3 is 2.45 bits per heavy atom. The second-order valence-electron chi connectivity index (χ2n) is 6.13. The average Bonchev–Trinajstić information content (AvgIpc) is 2.48. The van der Waals surface area contributed by atoms with Gasteiger partial charge in [0.1, 0.15) is 0 Å². The number of hydrogen-bond acceptors (Lipinski definition) is 3. The Kier molecular flexibility index (Phi) is 6.02. The van der Waals surface area contributed by atoms with Gasteiger partial charge in [-0.2, -0.15) is 0 Å². The Morgan fingerprint density at radius 2 is 1.85 bits per heavy atom. The summed E-state index contributed by atoms with van der Waals surface area (Å²) in [4.78, 5) is 2.55. The summed E-state index contributed by atoms with van der Waals surface area (Å²) >= 11 is 0. The van der Waals surface area contributed by atoms with Gasteiger partial charge in [-0.15, -0.1) is 0 Å². The van der Waals surface area contributed by atoms with Gasteiger partial charge in [0.05, 0.1) is 12.6 Å². The Balaban J connectivity index is 1.65. The largest absolute Gasteiger partial charge is 0.379 e. The first-order valence-corrected chi connectivity index (χ1v) is 7.79. The van der Waals surface area contributed by atoms with E-state index in [-0.39, 0.29) is 6.04 Å². The van der Waals surface area contributed by atoms with E-state index in [9.17, 15) is 0 Å². The Labute approximate surface area is 123 Å². The van der Waals surface area contributed by atoms with E-state index in [0.717, 1.165) is 12.2 Å². The van der Waals surface area contributed by atoms with E-state index in [0.29, 0.717) is 18.6 Å². The monoisotopic (exact) mass is 276 g/mol. The summed E-state index contributed by atoms with van der Waals surface area (Å²) in [7, 11) is 0. The summed E-state index contributed by atoms with van der Waals surface area (Å²) < 4.78 is 5.84. The van der Waals surface area contributed by atoms with E-state index in [1.807, 2.05) is 18.2 Å². The van der Waals surface area contributed by atoms with Crippen molar-refractivity contribution in [2.24, 2.45) is 11.7 Å². The molecule has 1 fully saturated rings. The van der Waals surface area contributed by atoms with E-state index in [4.69, 9.17) is 10.5 Å². The lowest BCUT2D eigenvalue weighted by atomic mass is 9.97. The van der Waals surface area contributed by atoms with Crippen LogP contribution in [0.3, 0.4) is 0 Å². The molecule has 1 aromatic carbocycles. The first-order valence-electron chi connectivity index (χ1n) is 7.79. The van der Waals surface area contributed by atoms with Crippen LogP contribution >= 0.6 is 0 Å². The standard InChI is InChI=1S/C17H28N2O/c1-14(2)19-10-8-15(9-11-19)12-20-13-17(18)16-6-4-3-5-7-16/h3-7,14-15,17H,8-13,18H2,1-2H3. The van der Waals surface area contributed by atoms with Crippen LogP contribution in [-0.4, -0.2) is 37.2 Å². The Hall–Kier alpha value is -0.900. The minimum Gasteiger partial charge on any atom is -0.379 e. The van der Waals surface area contributed by atoms with E-state index in [1.54, 1.807) is 0 Å². The van der Waals surface area contributed by atoms with Gasteiger partial charge in [0, 0.05) is 12.6 Å². The zero-order valence-electron chi connectivity index (χ0n) is 12.8. The highest BCUT2D eigenvalue weighted by atomic mass is 16.5. The summed E-state index contributed by atoms with van der Waals surface area (Å²) in [5.41, 5.74) is 7.29. The van der Waals surface area contributed by atoms with Crippen LogP contribution in [-0.2, 0) is 4.74 Å². The van der Waals surface area contributed by atoms with Crippen LogP contribution in [0.25, 0.3) is 0 Å². The highest BCUT2D eigenvalue weighted by Crippen LogP contribution is 2.19. The van der Waals surface area contributed by atoms with Crippen molar-refractivity contribution >= 4 is 0 Å². The van der Waals surface area contributed by atoms with Crippen LogP contribution in [0.15, 0.2) is 30.3 Å². The fraction of sp³-hybridized carbons (Fsp3) is 0.647. The third-order valence-corrected chi connectivity index (χ3v) is 4.26. The molecule has 0 saturated carbocycles. The van der Waals surface area contributed by atoms with Crippen LogP contribution in [0.4, 0.5) is 0 Å². The third kappa shape index (κ3) is 4.58. The lowest BCUT2D eigenvalue weighted by Crippen LogP contribution is -2.39. The molecule has 0 radical (unpaired) electrons. The minimum atomic E-state index is -0.00745. The second-order valence-corrected chi connectivity index (χ2v) is 6.13. The molecule has 3 heteroatoms. The molecule has 0 aromatic heterocycles. The molecular weight excluding hydrogens is 248 g/mol. The second kappa shape index (κ2) is 7.77. The van der Waals surface area contributed by atoms with E-state index >= 15 is 0 Å². The SMILES string of the molecule is CC(C)N1CCC(COCC(N)c2ccccc2)CC1. The predicted molar refractivity (Wildman–Crippen MR) is 83.6 cm³/mol. The molecule has 0 aliphatic carbocycles. The molecule has 3 nitrogen and oxygen atoms in total. The summed E-state index contributed by atoms with van der Waals surface area (Å²) in [6.45, 7) is 8.43. The van der Waals surface area contributed by atoms with Gasteiger partial charge in [-0.1, -0.05) is 30.3 Å². The number of hydrogen-bond donors (Lipinski definition) is 1. The molecular formula is C17H28N2O. The number of rotatable bonds is 6. The number of nitrogens with zero attached hydrogens (tertiary/aromatic N) is 1. The van der Waals surface area contributed by atoms with Crippen LogP contribution < -0.4 is 5.73 Å². The van der Waals surface area contributed by atoms with Crippen molar-refractivity contribution in [1.82, 2.24) is 4.90 Å². The molecule has 0 spiro atoms. The summed E-state index contributed by atoms with van der Waals surface area (Å²) in [6, 6.07) is 10.9. The van der Waals surface area contributed by atoms with Crippen molar-refractivity contribution in [3.8, 4) is 0 Å². The molecule has 1 heterocycles. The zero-order valence-corrected chi connectivity index (χ0v) is 12.8. The fourth-order valence-electron chi connectivity index (χ4n) is 2.79. The van der Waals surface area contributed by atoms with Gasteiger partial charge >= 0.3 is 0 Å². The minimum absolute atomic E-state index is 0.00745. The maximum absolute atomic E-state index is 6.14. The van der Waals surface area contributed by atoms with Crippen LogP contribution in [0.5, 0.6) is 0 Å². The van der Waals surface area contributed by atoms with E-state index in [1.165, 1.54) is 25.9 Å². The van der Waals surface area contributed by atoms with Crippen molar-refractivity contribution in [2.75, 3.05) is 26.3 Å². The Bertz CT molecular complexity index is 372. The fourth-order valence-corrected chi connectivity index (χ4v) is 2.79. The molecule has 20 heavy (non-hydrogen) atoms. The van der Waals surface area contributed by atoms with Crippen molar-refractivity contribution in [3.05, 3.63) is 35.9 Å². The summed E-state index contributed by atoms with van der Waals surface area (Å²) in [5, 5.41) is 0. The van der Waals surface area contributed by atoms with Gasteiger partial charge in [0.25, 0.3) is 0 Å². The molecule has 2 N–H and O–H groups in total. The molecule has 112 valence electrons. The quantitative estimate of drug-likeness (QED) is 0.868. The van der Waals surface area contributed by atoms with Gasteiger partial charge < -0.3 is 15.4 Å². The predicted octanol–water partition coefficient (Wildman–Crippen LogP) is 2.82. The Morgan fingerprint density at radius 1 is 1.20 bits per heavy atom. The van der Waals surface area contributed by atoms with Gasteiger partial charge in [-0.3, -0.25) is 0 Å². The molecule has 0 amide bonds. The van der Waals surface area contributed by atoms with E-state index in [2.05, 4.69) is 30.9 Å². The molecule has 1 atom stereocenters. The van der Waals surface area contributed by atoms with Crippen LogP contribution in [0, 0.1) is 5.92 Å². The van der Waals surface area contributed by atoms with Gasteiger partial charge in [0.2, 0.25) is 0 Å². The highest BCUT2D eigenvalue weighted by Gasteiger charge is 2.21. The number of ether oxygens (including phenoxy) is 1. The van der Waals surface area contributed by atoms with Crippen molar-refractivity contribution < 1.29 is 4.74 Å². The van der Waals surface area contributed by atoms with Crippen molar-refractivity contribution in [1.29, 1.82) is 0 Å². The number of benzene rings is 1. The van der Waals surface area contributed by atoms with Crippen molar-refractivity contribution in [2.45, 2.75) is 38.8 Å². The lowest BCUT2D eigenvalue weighted by molar-refractivity contribution is 0.0534.